The highest BCUT2D eigenvalue weighted by Gasteiger charge is 2.15. The van der Waals surface area contributed by atoms with E-state index in [1.54, 1.807) is 11.3 Å². The molecule has 1 aromatic carbocycles. The fourth-order valence-electron chi connectivity index (χ4n) is 1.92. The quantitative estimate of drug-likeness (QED) is 0.805. The molecular formula is C15H18ClN3S2. The minimum absolute atomic E-state index is 0.301. The van der Waals surface area contributed by atoms with Crippen molar-refractivity contribution in [1.29, 1.82) is 0 Å². The summed E-state index contributed by atoms with van der Waals surface area (Å²) in [5, 5.41) is 9.84. The predicted octanol–water partition coefficient (Wildman–Crippen LogP) is 3.99. The average Bonchev–Trinajstić information content (AvgIpc) is 2.95. The minimum atomic E-state index is 0.301. The van der Waals surface area contributed by atoms with E-state index in [2.05, 4.69) is 47.1 Å². The molecule has 0 amide bonds. The SMILES string of the molecule is CN(C)[C@@H](CNC(=S)Nc1ccc(Cl)cc1)c1cccs1. The van der Waals surface area contributed by atoms with E-state index in [1.165, 1.54) is 4.88 Å². The predicted molar refractivity (Wildman–Crippen MR) is 96.4 cm³/mol. The molecule has 3 nitrogen and oxygen atoms in total. The highest BCUT2D eigenvalue weighted by molar-refractivity contribution is 7.80. The Kier molecular flexibility index (Phi) is 5.99. The van der Waals surface area contributed by atoms with Gasteiger partial charge in [-0.05, 0) is 62.0 Å². The first kappa shape index (κ1) is 16.2. The van der Waals surface area contributed by atoms with Gasteiger partial charge in [0.15, 0.2) is 5.11 Å². The average molecular weight is 340 g/mol. The maximum atomic E-state index is 5.86. The van der Waals surface area contributed by atoms with E-state index in [1.807, 2.05) is 24.3 Å². The monoisotopic (exact) mass is 339 g/mol. The summed E-state index contributed by atoms with van der Waals surface area (Å²) in [7, 11) is 4.14. The van der Waals surface area contributed by atoms with Crippen molar-refractivity contribution >= 4 is 46.0 Å². The number of hydrogen-bond acceptors (Lipinski definition) is 3. The number of anilines is 1. The summed E-state index contributed by atoms with van der Waals surface area (Å²) in [6.07, 6.45) is 0. The first-order chi connectivity index (χ1) is 10.1. The molecule has 0 aliphatic heterocycles. The van der Waals surface area contributed by atoms with Crippen molar-refractivity contribution in [1.82, 2.24) is 10.2 Å². The molecule has 0 fully saturated rings. The lowest BCUT2D eigenvalue weighted by molar-refractivity contribution is 0.303. The van der Waals surface area contributed by atoms with Crippen LogP contribution in [0.4, 0.5) is 5.69 Å². The third-order valence-electron chi connectivity index (χ3n) is 3.05. The molecule has 0 radical (unpaired) electrons. The van der Waals surface area contributed by atoms with E-state index in [4.69, 9.17) is 23.8 Å². The Bertz CT molecular complexity index is 567. The summed E-state index contributed by atoms with van der Waals surface area (Å²) in [5.41, 5.74) is 0.925. The van der Waals surface area contributed by atoms with E-state index < -0.39 is 0 Å². The summed E-state index contributed by atoms with van der Waals surface area (Å²) in [6.45, 7) is 0.757. The molecule has 21 heavy (non-hydrogen) atoms. The maximum Gasteiger partial charge on any atom is 0.170 e. The third kappa shape index (κ3) is 4.97. The van der Waals surface area contributed by atoms with Crippen LogP contribution in [0.15, 0.2) is 41.8 Å². The Morgan fingerprint density at radius 3 is 2.57 bits per heavy atom. The Balaban J connectivity index is 1.89. The van der Waals surface area contributed by atoms with E-state index in [0.717, 1.165) is 12.2 Å². The number of thiocarbonyl (C=S) groups is 1. The molecule has 6 heteroatoms. The van der Waals surface area contributed by atoms with Crippen molar-refractivity contribution in [2.45, 2.75) is 6.04 Å². The van der Waals surface area contributed by atoms with Gasteiger partial charge in [0.2, 0.25) is 0 Å². The second-order valence-electron chi connectivity index (χ2n) is 4.84. The summed E-state index contributed by atoms with van der Waals surface area (Å²) in [4.78, 5) is 3.51. The van der Waals surface area contributed by atoms with Gasteiger partial charge in [-0.3, -0.25) is 0 Å². The molecule has 1 atom stereocenters. The van der Waals surface area contributed by atoms with Crippen molar-refractivity contribution < 1.29 is 0 Å². The second kappa shape index (κ2) is 7.75. The molecule has 0 aliphatic carbocycles. The van der Waals surface area contributed by atoms with Crippen LogP contribution in [0.3, 0.4) is 0 Å². The molecule has 1 aromatic heterocycles. The Morgan fingerprint density at radius 2 is 2.00 bits per heavy atom. The zero-order chi connectivity index (χ0) is 15.2. The van der Waals surface area contributed by atoms with Crippen LogP contribution >= 0.6 is 35.2 Å². The van der Waals surface area contributed by atoms with Gasteiger partial charge in [-0.1, -0.05) is 17.7 Å². The van der Waals surface area contributed by atoms with Crippen molar-refractivity contribution in [2.75, 3.05) is 26.0 Å². The summed E-state index contributed by atoms with van der Waals surface area (Å²) < 4.78 is 0. The number of thiophene rings is 1. The van der Waals surface area contributed by atoms with E-state index in [-0.39, 0.29) is 0 Å². The molecule has 0 unspecified atom stereocenters. The van der Waals surface area contributed by atoms with Gasteiger partial charge < -0.3 is 15.5 Å². The molecule has 112 valence electrons. The first-order valence-electron chi connectivity index (χ1n) is 6.56. The van der Waals surface area contributed by atoms with Gasteiger partial charge in [0.1, 0.15) is 0 Å². The number of nitrogens with zero attached hydrogens (tertiary/aromatic N) is 1. The topological polar surface area (TPSA) is 27.3 Å². The van der Waals surface area contributed by atoms with Gasteiger partial charge in [0.25, 0.3) is 0 Å². The normalized spacial score (nSPS) is 12.2. The van der Waals surface area contributed by atoms with Crippen LogP contribution < -0.4 is 10.6 Å². The van der Waals surface area contributed by atoms with Gasteiger partial charge in [0, 0.05) is 22.1 Å². The molecular weight excluding hydrogens is 322 g/mol. The smallest absolute Gasteiger partial charge is 0.170 e. The van der Waals surface area contributed by atoms with Gasteiger partial charge in [-0.25, -0.2) is 0 Å². The molecule has 0 saturated heterocycles. The van der Waals surface area contributed by atoms with Crippen LogP contribution in [-0.2, 0) is 0 Å². The number of rotatable bonds is 5. The van der Waals surface area contributed by atoms with Crippen LogP contribution in [0.5, 0.6) is 0 Å². The van der Waals surface area contributed by atoms with Crippen LogP contribution in [-0.4, -0.2) is 30.7 Å². The van der Waals surface area contributed by atoms with Crippen LogP contribution in [0.2, 0.25) is 5.02 Å². The number of likely N-dealkylation sites (N-methyl/N-ethyl adjacent to an activating group) is 1. The van der Waals surface area contributed by atoms with Crippen molar-refractivity contribution in [2.24, 2.45) is 0 Å². The fourth-order valence-corrected chi connectivity index (χ4v) is 3.17. The zero-order valence-corrected chi connectivity index (χ0v) is 14.4. The largest absolute Gasteiger partial charge is 0.360 e. The van der Waals surface area contributed by atoms with Gasteiger partial charge >= 0.3 is 0 Å². The Labute approximate surface area is 139 Å². The van der Waals surface area contributed by atoms with E-state index >= 15 is 0 Å². The van der Waals surface area contributed by atoms with E-state index in [0.29, 0.717) is 16.2 Å². The molecule has 1 heterocycles. The van der Waals surface area contributed by atoms with Crippen LogP contribution in [0.25, 0.3) is 0 Å². The maximum absolute atomic E-state index is 5.86. The number of nitrogens with one attached hydrogen (secondary N) is 2. The number of hydrogen-bond donors (Lipinski definition) is 2. The molecule has 0 bridgehead atoms. The number of halogens is 1. The van der Waals surface area contributed by atoms with Gasteiger partial charge in [-0.15, -0.1) is 11.3 Å². The zero-order valence-electron chi connectivity index (χ0n) is 12.0. The molecule has 0 spiro atoms. The Morgan fingerprint density at radius 1 is 1.29 bits per heavy atom. The summed E-state index contributed by atoms with van der Waals surface area (Å²) in [6, 6.07) is 12.0. The van der Waals surface area contributed by atoms with Crippen LogP contribution in [0.1, 0.15) is 10.9 Å². The minimum Gasteiger partial charge on any atom is -0.360 e. The van der Waals surface area contributed by atoms with Crippen LogP contribution in [0, 0.1) is 0 Å². The molecule has 2 aromatic rings. The number of benzene rings is 1. The second-order valence-corrected chi connectivity index (χ2v) is 6.66. The highest BCUT2D eigenvalue weighted by Crippen LogP contribution is 2.22. The van der Waals surface area contributed by atoms with Gasteiger partial charge in [0.05, 0.1) is 6.04 Å². The highest BCUT2D eigenvalue weighted by atomic mass is 35.5. The lowest BCUT2D eigenvalue weighted by Gasteiger charge is -2.24. The Hall–Kier alpha value is -1.14. The van der Waals surface area contributed by atoms with E-state index in [9.17, 15) is 0 Å². The standard InChI is InChI=1S/C15H18ClN3S2/c1-19(2)13(14-4-3-9-21-14)10-17-15(20)18-12-7-5-11(16)6-8-12/h3-9,13H,10H2,1-2H3,(H2,17,18,20)/t13-/m0/s1. The lowest BCUT2D eigenvalue weighted by Crippen LogP contribution is -2.36. The van der Waals surface area contributed by atoms with Crippen molar-refractivity contribution in [3.8, 4) is 0 Å². The van der Waals surface area contributed by atoms with Gasteiger partial charge in [-0.2, -0.15) is 0 Å². The molecule has 0 aliphatic rings. The molecule has 2 rings (SSSR count). The molecule has 2 N–H and O–H groups in total. The first-order valence-corrected chi connectivity index (χ1v) is 8.23. The summed E-state index contributed by atoms with van der Waals surface area (Å²) >= 11 is 13.0. The fraction of sp³-hybridized carbons (Fsp3) is 0.267. The lowest BCUT2D eigenvalue weighted by atomic mass is 10.2. The summed E-state index contributed by atoms with van der Waals surface area (Å²) in [5.74, 6) is 0. The third-order valence-corrected chi connectivity index (χ3v) is 4.52. The molecule has 0 saturated carbocycles. The van der Waals surface area contributed by atoms with Crippen molar-refractivity contribution in [3.05, 3.63) is 51.7 Å². The van der Waals surface area contributed by atoms with Crippen molar-refractivity contribution in [3.63, 3.8) is 0 Å².